The van der Waals surface area contributed by atoms with E-state index in [0.29, 0.717) is 6.04 Å². The molecule has 0 radical (unpaired) electrons. The van der Waals surface area contributed by atoms with Gasteiger partial charge >= 0.3 is 0 Å². The van der Waals surface area contributed by atoms with Crippen molar-refractivity contribution in [1.82, 2.24) is 5.32 Å². The SMILES string of the molecule is CC(NCCS(C)=O)c1ccc(Br)s1. The molecule has 0 bridgehead atoms. The highest BCUT2D eigenvalue weighted by atomic mass is 79.9. The van der Waals surface area contributed by atoms with Gasteiger partial charge in [0.2, 0.25) is 0 Å². The van der Waals surface area contributed by atoms with Crippen LogP contribution in [-0.4, -0.2) is 22.8 Å². The zero-order chi connectivity index (χ0) is 10.6. The van der Waals surface area contributed by atoms with Crippen molar-refractivity contribution in [3.63, 3.8) is 0 Å². The third-order valence-electron chi connectivity index (χ3n) is 1.86. The first-order valence-electron chi connectivity index (χ1n) is 4.38. The van der Waals surface area contributed by atoms with Crippen molar-refractivity contribution in [3.05, 3.63) is 20.8 Å². The Bertz CT molecular complexity index is 314. The summed E-state index contributed by atoms with van der Waals surface area (Å²) < 4.78 is 12.0. The largest absolute Gasteiger partial charge is 0.309 e. The average molecular weight is 296 g/mol. The molecule has 1 heterocycles. The molecule has 1 aromatic rings. The maximum absolute atomic E-state index is 10.8. The average Bonchev–Trinajstić information content (AvgIpc) is 2.51. The molecule has 0 saturated heterocycles. The number of nitrogens with one attached hydrogen (secondary N) is 1. The van der Waals surface area contributed by atoms with E-state index in [1.54, 1.807) is 17.6 Å². The second kappa shape index (κ2) is 6.00. The molecule has 0 spiro atoms. The summed E-state index contributed by atoms with van der Waals surface area (Å²) in [4.78, 5) is 1.30. The fourth-order valence-corrected chi connectivity index (χ4v) is 2.94. The van der Waals surface area contributed by atoms with Gasteiger partial charge in [-0.15, -0.1) is 11.3 Å². The Morgan fingerprint density at radius 2 is 2.36 bits per heavy atom. The molecule has 2 nitrogen and oxygen atoms in total. The number of halogens is 1. The molecule has 0 aliphatic rings. The van der Waals surface area contributed by atoms with E-state index < -0.39 is 10.8 Å². The highest BCUT2D eigenvalue weighted by Gasteiger charge is 2.06. The molecule has 2 unspecified atom stereocenters. The van der Waals surface area contributed by atoms with Crippen LogP contribution in [0.4, 0.5) is 0 Å². The highest BCUT2D eigenvalue weighted by Crippen LogP contribution is 2.26. The number of thiophene rings is 1. The van der Waals surface area contributed by atoms with Crippen LogP contribution in [0.2, 0.25) is 0 Å². The molecule has 1 N–H and O–H groups in total. The molecule has 0 amide bonds. The van der Waals surface area contributed by atoms with E-state index in [-0.39, 0.29) is 0 Å². The van der Waals surface area contributed by atoms with Crippen LogP contribution in [0.25, 0.3) is 0 Å². The van der Waals surface area contributed by atoms with Gasteiger partial charge in [0.15, 0.2) is 0 Å². The first-order chi connectivity index (χ1) is 6.59. The summed E-state index contributed by atoms with van der Waals surface area (Å²) >= 11 is 5.17. The Balaban J connectivity index is 2.35. The molecule has 1 aromatic heterocycles. The molecule has 0 fully saturated rings. The highest BCUT2D eigenvalue weighted by molar-refractivity contribution is 9.11. The van der Waals surface area contributed by atoms with Gasteiger partial charge in [-0.05, 0) is 35.0 Å². The summed E-state index contributed by atoms with van der Waals surface area (Å²) in [7, 11) is -0.702. The summed E-state index contributed by atoms with van der Waals surface area (Å²) in [6.07, 6.45) is 1.73. The molecule has 0 saturated carbocycles. The van der Waals surface area contributed by atoms with Crippen LogP contribution < -0.4 is 5.32 Å². The predicted octanol–water partition coefficient (Wildman–Crippen LogP) is 2.54. The molecule has 0 aromatic carbocycles. The summed E-state index contributed by atoms with van der Waals surface area (Å²) in [6, 6.07) is 4.50. The molecular weight excluding hydrogens is 282 g/mol. The second-order valence-corrected chi connectivity index (χ2v) is 7.14. The zero-order valence-electron chi connectivity index (χ0n) is 8.25. The van der Waals surface area contributed by atoms with E-state index in [9.17, 15) is 4.21 Å². The van der Waals surface area contributed by atoms with E-state index in [1.807, 2.05) is 0 Å². The van der Waals surface area contributed by atoms with Crippen molar-refractivity contribution in [3.8, 4) is 0 Å². The monoisotopic (exact) mass is 295 g/mol. The number of hydrogen-bond acceptors (Lipinski definition) is 3. The van der Waals surface area contributed by atoms with E-state index >= 15 is 0 Å². The second-order valence-electron chi connectivity index (χ2n) is 3.10. The van der Waals surface area contributed by atoms with Gasteiger partial charge in [0.1, 0.15) is 0 Å². The van der Waals surface area contributed by atoms with Crippen LogP contribution >= 0.6 is 27.3 Å². The minimum atomic E-state index is -0.702. The lowest BCUT2D eigenvalue weighted by molar-refractivity contribution is 0.605. The third-order valence-corrected chi connectivity index (χ3v) is 4.45. The van der Waals surface area contributed by atoms with Gasteiger partial charge in [-0.2, -0.15) is 0 Å². The van der Waals surface area contributed by atoms with Gasteiger partial charge in [-0.25, -0.2) is 0 Å². The minimum absolute atomic E-state index is 0.342. The fraction of sp³-hybridized carbons (Fsp3) is 0.556. The van der Waals surface area contributed by atoms with Gasteiger partial charge < -0.3 is 5.32 Å². The van der Waals surface area contributed by atoms with Gasteiger partial charge in [0.25, 0.3) is 0 Å². The van der Waals surface area contributed by atoms with E-state index in [0.717, 1.165) is 16.1 Å². The summed E-state index contributed by atoms with van der Waals surface area (Å²) in [5.74, 6) is 0.719. The lowest BCUT2D eigenvalue weighted by Crippen LogP contribution is -2.22. The van der Waals surface area contributed by atoms with Crippen LogP contribution in [0.1, 0.15) is 17.8 Å². The lowest BCUT2D eigenvalue weighted by Gasteiger charge is -2.10. The van der Waals surface area contributed by atoms with Gasteiger partial charge in [-0.3, -0.25) is 4.21 Å². The normalized spacial score (nSPS) is 15.4. The topological polar surface area (TPSA) is 29.1 Å². The Labute approximate surface area is 99.7 Å². The van der Waals surface area contributed by atoms with Crippen molar-refractivity contribution in [2.75, 3.05) is 18.6 Å². The molecule has 5 heteroatoms. The zero-order valence-corrected chi connectivity index (χ0v) is 11.5. The van der Waals surface area contributed by atoms with Gasteiger partial charge in [0.05, 0.1) is 3.79 Å². The smallest absolute Gasteiger partial charge is 0.0701 e. The van der Waals surface area contributed by atoms with Crippen LogP contribution in [0.5, 0.6) is 0 Å². The van der Waals surface area contributed by atoms with Crippen molar-refractivity contribution < 1.29 is 4.21 Å². The Morgan fingerprint density at radius 3 is 2.86 bits per heavy atom. The maximum Gasteiger partial charge on any atom is 0.0701 e. The van der Waals surface area contributed by atoms with Crippen LogP contribution in [-0.2, 0) is 10.8 Å². The van der Waals surface area contributed by atoms with Crippen LogP contribution in [0.15, 0.2) is 15.9 Å². The summed E-state index contributed by atoms with van der Waals surface area (Å²) in [5.41, 5.74) is 0. The quantitative estimate of drug-likeness (QED) is 0.904. The molecule has 14 heavy (non-hydrogen) atoms. The maximum atomic E-state index is 10.8. The van der Waals surface area contributed by atoms with Gasteiger partial charge in [0, 0.05) is 40.3 Å². The minimum Gasteiger partial charge on any atom is -0.309 e. The fourth-order valence-electron chi connectivity index (χ4n) is 1.08. The Kier molecular flexibility index (Phi) is 5.30. The van der Waals surface area contributed by atoms with Gasteiger partial charge in [-0.1, -0.05) is 0 Å². The third kappa shape index (κ3) is 4.21. The van der Waals surface area contributed by atoms with E-state index in [1.165, 1.54) is 4.88 Å². The molecular formula is C9H14BrNOS2. The summed E-state index contributed by atoms with van der Waals surface area (Å²) in [6.45, 7) is 2.93. The molecule has 0 aliphatic carbocycles. The molecule has 0 aliphatic heterocycles. The first-order valence-corrected chi connectivity index (χ1v) is 7.72. The summed E-state index contributed by atoms with van der Waals surface area (Å²) in [5, 5.41) is 3.34. The lowest BCUT2D eigenvalue weighted by atomic mass is 10.3. The van der Waals surface area contributed by atoms with Crippen molar-refractivity contribution in [1.29, 1.82) is 0 Å². The van der Waals surface area contributed by atoms with Crippen molar-refractivity contribution in [2.45, 2.75) is 13.0 Å². The van der Waals surface area contributed by atoms with Crippen LogP contribution in [0, 0.1) is 0 Å². The van der Waals surface area contributed by atoms with Crippen LogP contribution in [0.3, 0.4) is 0 Å². The Morgan fingerprint density at radius 1 is 1.64 bits per heavy atom. The number of hydrogen-bond donors (Lipinski definition) is 1. The predicted molar refractivity (Wildman–Crippen MR) is 67.4 cm³/mol. The molecule has 80 valence electrons. The van der Waals surface area contributed by atoms with E-state index in [4.69, 9.17) is 0 Å². The molecule has 1 rings (SSSR count). The number of rotatable bonds is 5. The standard InChI is InChI=1S/C9H14BrNOS2/c1-7(11-5-6-14(2)12)8-3-4-9(10)13-8/h3-4,7,11H,5-6H2,1-2H3. The van der Waals surface area contributed by atoms with E-state index in [2.05, 4.69) is 40.3 Å². The molecule has 2 atom stereocenters. The van der Waals surface area contributed by atoms with Crippen molar-refractivity contribution >= 4 is 38.1 Å². The van der Waals surface area contributed by atoms with Crippen molar-refractivity contribution in [2.24, 2.45) is 0 Å². The Hall–Kier alpha value is 0.290. The first kappa shape index (κ1) is 12.4.